The highest BCUT2D eigenvalue weighted by molar-refractivity contribution is 5.50. The number of ether oxygens (including phenoxy) is 1. The van der Waals surface area contributed by atoms with Gasteiger partial charge in [0.05, 0.1) is 12.7 Å². The van der Waals surface area contributed by atoms with Gasteiger partial charge in [0.15, 0.2) is 0 Å². The fourth-order valence-corrected chi connectivity index (χ4v) is 2.15. The second kappa shape index (κ2) is 8.92. The van der Waals surface area contributed by atoms with Crippen LogP contribution >= 0.6 is 0 Å². The van der Waals surface area contributed by atoms with Crippen LogP contribution in [0.15, 0.2) is 12.1 Å². The summed E-state index contributed by atoms with van der Waals surface area (Å²) < 4.78 is 33.0. The van der Waals surface area contributed by atoms with E-state index < -0.39 is 17.7 Å². The predicted molar refractivity (Wildman–Crippen MR) is 79.5 cm³/mol. The molecule has 0 fully saturated rings. The third-order valence-corrected chi connectivity index (χ3v) is 3.06. The molecule has 0 aromatic heterocycles. The standard InChI is InChI=1S/C15H24F2N2O2/c1-4-5-18-8-11-6-13(16)15(14(17)7-11)19(2)9-12(20)10-21-3/h6-7,12,18,20H,4-5,8-10H2,1-3H3. The number of aliphatic hydroxyl groups is 1. The van der Waals surface area contributed by atoms with Crippen molar-refractivity contribution < 1.29 is 18.6 Å². The predicted octanol–water partition coefficient (Wildman–Crippen LogP) is 1.91. The molecule has 0 spiro atoms. The molecule has 1 rings (SSSR count). The van der Waals surface area contributed by atoms with Crippen LogP contribution in [0.1, 0.15) is 18.9 Å². The van der Waals surface area contributed by atoms with Crippen molar-refractivity contribution in [2.24, 2.45) is 0 Å². The Bertz CT molecular complexity index is 421. The van der Waals surface area contributed by atoms with E-state index in [1.165, 1.54) is 31.2 Å². The molecule has 1 aromatic rings. The van der Waals surface area contributed by atoms with E-state index in [2.05, 4.69) is 5.32 Å². The number of benzene rings is 1. The maximum Gasteiger partial charge on any atom is 0.149 e. The van der Waals surface area contributed by atoms with E-state index in [0.29, 0.717) is 12.1 Å². The van der Waals surface area contributed by atoms with E-state index in [1.54, 1.807) is 0 Å². The van der Waals surface area contributed by atoms with Crippen molar-refractivity contribution in [2.75, 3.05) is 38.8 Å². The van der Waals surface area contributed by atoms with Gasteiger partial charge in [-0.25, -0.2) is 8.78 Å². The zero-order chi connectivity index (χ0) is 15.8. The molecular formula is C15H24F2N2O2. The molecule has 0 radical (unpaired) electrons. The largest absolute Gasteiger partial charge is 0.389 e. The zero-order valence-corrected chi connectivity index (χ0v) is 12.8. The average molecular weight is 302 g/mol. The molecule has 1 atom stereocenters. The number of rotatable bonds is 9. The van der Waals surface area contributed by atoms with Gasteiger partial charge < -0.3 is 20.1 Å². The lowest BCUT2D eigenvalue weighted by Gasteiger charge is -2.23. The second-order valence-electron chi connectivity index (χ2n) is 5.07. The monoisotopic (exact) mass is 302 g/mol. The average Bonchev–Trinajstić information content (AvgIpc) is 2.38. The Labute approximate surface area is 124 Å². The van der Waals surface area contributed by atoms with Crippen LogP contribution in [0.4, 0.5) is 14.5 Å². The summed E-state index contributed by atoms with van der Waals surface area (Å²) in [6.07, 6.45) is 0.160. The van der Waals surface area contributed by atoms with Crippen LogP contribution in [0, 0.1) is 11.6 Å². The number of likely N-dealkylation sites (N-methyl/N-ethyl adjacent to an activating group) is 1. The Balaban J connectivity index is 2.78. The van der Waals surface area contributed by atoms with E-state index in [0.717, 1.165) is 13.0 Å². The van der Waals surface area contributed by atoms with Crippen LogP contribution in [0.2, 0.25) is 0 Å². The van der Waals surface area contributed by atoms with E-state index in [4.69, 9.17) is 4.74 Å². The lowest BCUT2D eigenvalue weighted by Crippen LogP contribution is -2.33. The Hall–Kier alpha value is -1.24. The molecule has 0 aliphatic rings. The minimum absolute atomic E-state index is 0.0924. The minimum Gasteiger partial charge on any atom is -0.389 e. The van der Waals surface area contributed by atoms with Gasteiger partial charge in [0, 0.05) is 27.2 Å². The van der Waals surface area contributed by atoms with Gasteiger partial charge >= 0.3 is 0 Å². The molecule has 21 heavy (non-hydrogen) atoms. The lowest BCUT2D eigenvalue weighted by molar-refractivity contribution is 0.0693. The summed E-state index contributed by atoms with van der Waals surface area (Å²) in [5.74, 6) is -1.26. The summed E-state index contributed by atoms with van der Waals surface area (Å²) in [5.41, 5.74) is 0.428. The van der Waals surface area contributed by atoms with Crippen molar-refractivity contribution in [3.63, 3.8) is 0 Å². The second-order valence-corrected chi connectivity index (χ2v) is 5.07. The lowest BCUT2D eigenvalue weighted by atomic mass is 10.1. The molecule has 4 nitrogen and oxygen atoms in total. The Morgan fingerprint density at radius 2 is 1.95 bits per heavy atom. The van der Waals surface area contributed by atoms with Gasteiger partial charge in [0.25, 0.3) is 0 Å². The van der Waals surface area contributed by atoms with Gasteiger partial charge in [-0.15, -0.1) is 0 Å². The van der Waals surface area contributed by atoms with Crippen molar-refractivity contribution in [3.8, 4) is 0 Å². The number of methoxy groups -OCH3 is 1. The first-order valence-electron chi connectivity index (χ1n) is 7.06. The summed E-state index contributed by atoms with van der Waals surface area (Å²) >= 11 is 0. The molecular weight excluding hydrogens is 278 g/mol. The molecule has 0 aliphatic carbocycles. The highest BCUT2D eigenvalue weighted by Crippen LogP contribution is 2.24. The van der Waals surface area contributed by atoms with Crippen LogP contribution in [0.3, 0.4) is 0 Å². The summed E-state index contributed by atoms with van der Waals surface area (Å²) in [6, 6.07) is 2.64. The molecule has 0 bridgehead atoms. The van der Waals surface area contributed by atoms with Crippen LogP contribution in [0.5, 0.6) is 0 Å². The highest BCUT2D eigenvalue weighted by atomic mass is 19.1. The van der Waals surface area contributed by atoms with Gasteiger partial charge in [0.2, 0.25) is 0 Å². The molecule has 0 aliphatic heterocycles. The van der Waals surface area contributed by atoms with Crippen molar-refractivity contribution >= 4 is 5.69 Å². The molecule has 0 heterocycles. The first-order chi connectivity index (χ1) is 9.99. The van der Waals surface area contributed by atoms with E-state index in [1.807, 2.05) is 6.92 Å². The summed E-state index contributed by atoms with van der Waals surface area (Å²) in [4.78, 5) is 1.36. The third kappa shape index (κ3) is 5.57. The minimum atomic E-state index is -0.801. The molecule has 0 saturated carbocycles. The molecule has 0 saturated heterocycles. The zero-order valence-electron chi connectivity index (χ0n) is 12.8. The third-order valence-electron chi connectivity index (χ3n) is 3.06. The van der Waals surface area contributed by atoms with Gasteiger partial charge in [-0.3, -0.25) is 0 Å². The maximum atomic E-state index is 14.1. The van der Waals surface area contributed by atoms with Crippen LogP contribution in [0.25, 0.3) is 0 Å². The molecule has 1 aromatic carbocycles. The number of aliphatic hydroxyl groups excluding tert-OH is 1. The SMILES string of the molecule is CCCNCc1cc(F)c(N(C)CC(O)COC)c(F)c1. The summed E-state index contributed by atoms with van der Waals surface area (Å²) in [7, 11) is 3.00. The van der Waals surface area contributed by atoms with Gasteiger partial charge in [-0.05, 0) is 30.7 Å². The van der Waals surface area contributed by atoms with E-state index in [9.17, 15) is 13.9 Å². The molecule has 6 heteroatoms. The fourth-order valence-electron chi connectivity index (χ4n) is 2.15. The highest BCUT2D eigenvalue weighted by Gasteiger charge is 2.17. The molecule has 0 amide bonds. The summed E-state index contributed by atoms with van der Waals surface area (Å²) in [6.45, 7) is 3.46. The quantitative estimate of drug-likeness (QED) is 0.684. The Morgan fingerprint density at radius 3 is 2.48 bits per heavy atom. The topological polar surface area (TPSA) is 44.7 Å². The smallest absolute Gasteiger partial charge is 0.149 e. The maximum absolute atomic E-state index is 14.1. The van der Waals surface area contributed by atoms with Crippen molar-refractivity contribution in [1.82, 2.24) is 5.32 Å². The van der Waals surface area contributed by atoms with Crippen molar-refractivity contribution in [3.05, 3.63) is 29.3 Å². The number of halogens is 2. The van der Waals surface area contributed by atoms with Crippen molar-refractivity contribution in [1.29, 1.82) is 0 Å². The number of hydrogen-bond donors (Lipinski definition) is 2. The summed E-state index contributed by atoms with van der Waals surface area (Å²) in [5, 5.41) is 12.7. The van der Waals surface area contributed by atoms with Crippen LogP contribution < -0.4 is 10.2 Å². The molecule has 120 valence electrons. The number of anilines is 1. The number of hydrogen-bond acceptors (Lipinski definition) is 4. The molecule has 1 unspecified atom stereocenters. The van der Waals surface area contributed by atoms with Gasteiger partial charge in [-0.1, -0.05) is 6.92 Å². The number of nitrogens with one attached hydrogen (secondary N) is 1. The fraction of sp³-hybridized carbons (Fsp3) is 0.600. The molecule has 2 N–H and O–H groups in total. The van der Waals surface area contributed by atoms with Crippen LogP contribution in [-0.4, -0.2) is 45.1 Å². The Morgan fingerprint density at radius 1 is 1.33 bits per heavy atom. The van der Waals surface area contributed by atoms with Gasteiger partial charge in [0.1, 0.15) is 17.3 Å². The first-order valence-corrected chi connectivity index (χ1v) is 7.06. The number of nitrogens with zero attached hydrogens (tertiary/aromatic N) is 1. The first kappa shape index (κ1) is 17.8. The van der Waals surface area contributed by atoms with Crippen molar-refractivity contribution in [2.45, 2.75) is 26.0 Å². The van der Waals surface area contributed by atoms with E-state index >= 15 is 0 Å². The Kier molecular flexibility index (Phi) is 7.56. The van der Waals surface area contributed by atoms with Gasteiger partial charge in [-0.2, -0.15) is 0 Å². The normalized spacial score (nSPS) is 12.5. The van der Waals surface area contributed by atoms with Crippen LogP contribution in [-0.2, 0) is 11.3 Å². The van der Waals surface area contributed by atoms with E-state index in [-0.39, 0.29) is 18.8 Å².